The van der Waals surface area contributed by atoms with Gasteiger partial charge in [-0.15, -0.1) is 0 Å². The fraction of sp³-hybridized carbons (Fsp3) is 0.571. The van der Waals surface area contributed by atoms with Crippen molar-refractivity contribution >= 4 is 29.4 Å². The van der Waals surface area contributed by atoms with Crippen LogP contribution in [0.15, 0.2) is 6.20 Å². The van der Waals surface area contributed by atoms with Gasteiger partial charge < -0.3 is 15.3 Å². The van der Waals surface area contributed by atoms with Crippen molar-refractivity contribution in [2.24, 2.45) is 13.0 Å². The average Bonchev–Trinajstić information content (AvgIpc) is 2.99. The van der Waals surface area contributed by atoms with Crippen LogP contribution in [0.25, 0.3) is 0 Å². The van der Waals surface area contributed by atoms with Crippen molar-refractivity contribution in [2.75, 3.05) is 13.1 Å². The second-order valence-electron chi connectivity index (χ2n) is 6.09. The van der Waals surface area contributed by atoms with Gasteiger partial charge in [0, 0.05) is 32.8 Å². The lowest BCUT2D eigenvalue weighted by Crippen LogP contribution is -2.56. The Morgan fingerprint density at radius 1 is 1.43 bits per heavy atom. The van der Waals surface area contributed by atoms with E-state index in [0.29, 0.717) is 25.9 Å². The van der Waals surface area contributed by atoms with Gasteiger partial charge in [-0.2, -0.15) is 5.10 Å². The zero-order valence-corrected chi connectivity index (χ0v) is 13.3. The summed E-state index contributed by atoms with van der Waals surface area (Å²) in [6.45, 7) is 0.714. The number of halogens is 1. The van der Waals surface area contributed by atoms with E-state index in [1.54, 1.807) is 18.1 Å². The lowest BCUT2D eigenvalue weighted by Gasteiger charge is -2.41. The number of carboxylic acid groups (broad SMARTS) is 1. The molecule has 9 heteroatoms. The molecule has 124 valence electrons. The standard InChI is InChI=1S/C14H17ClN4O4/c1-18-7-9(15)11(17-18)12(21)19-4-2-14(3-5-19)8(13(22)23)6-10(20)16-14/h7-8H,2-6H2,1H3,(H,16,20)(H,22,23). The molecule has 0 bridgehead atoms. The number of nitrogens with one attached hydrogen (secondary N) is 1. The van der Waals surface area contributed by atoms with Crippen LogP contribution >= 0.6 is 11.6 Å². The van der Waals surface area contributed by atoms with Gasteiger partial charge >= 0.3 is 5.97 Å². The van der Waals surface area contributed by atoms with E-state index in [1.165, 1.54) is 4.68 Å². The van der Waals surface area contributed by atoms with Crippen LogP contribution in [0.2, 0.25) is 5.02 Å². The van der Waals surface area contributed by atoms with Crippen molar-refractivity contribution in [3.8, 4) is 0 Å². The van der Waals surface area contributed by atoms with Gasteiger partial charge in [0.05, 0.1) is 16.5 Å². The van der Waals surface area contributed by atoms with Crippen LogP contribution in [0.5, 0.6) is 0 Å². The van der Waals surface area contributed by atoms with Gasteiger partial charge in [-0.05, 0) is 12.8 Å². The van der Waals surface area contributed by atoms with E-state index in [4.69, 9.17) is 11.6 Å². The number of carbonyl (C=O) groups excluding carboxylic acids is 2. The first-order valence-corrected chi connectivity index (χ1v) is 7.72. The van der Waals surface area contributed by atoms with E-state index >= 15 is 0 Å². The van der Waals surface area contributed by atoms with Crippen molar-refractivity contribution < 1.29 is 19.5 Å². The minimum Gasteiger partial charge on any atom is -0.481 e. The minimum absolute atomic E-state index is 0.00461. The third kappa shape index (κ3) is 2.67. The molecule has 1 aromatic rings. The van der Waals surface area contributed by atoms with E-state index in [1.807, 2.05) is 0 Å². The molecule has 3 heterocycles. The summed E-state index contributed by atoms with van der Waals surface area (Å²) in [4.78, 5) is 37.1. The van der Waals surface area contributed by atoms with Gasteiger partial charge in [0.2, 0.25) is 5.91 Å². The first-order chi connectivity index (χ1) is 10.8. The zero-order valence-electron chi connectivity index (χ0n) is 12.6. The molecule has 1 atom stereocenters. The Balaban J connectivity index is 1.73. The quantitative estimate of drug-likeness (QED) is 0.804. The van der Waals surface area contributed by atoms with Gasteiger partial charge in [0.25, 0.3) is 5.91 Å². The number of nitrogens with zero attached hydrogens (tertiary/aromatic N) is 3. The van der Waals surface area contributed by atoms with Gasteiger partial charge in [-0.25, -0.2) is 0 Å². The fourth-order valence-electron chi connectivity index (χ4n) is 3.46. The van der Waals surface area contributed by atoms with Crippen molar-refractivity contribution in [3.63, 3.8) is 0 Å². The molecule has 1 unspecified atom stereocenters. The summed E-state index contributed by atoms with van der Waals surface area (Å²) >= 11 is 6.00. The summed E-state index contributed by atoms with van der Waals surface area (Å²) < 4.78 is 1.47. The van der Waals surface area contributed by atoms with E-state index in [-0.39, 0.29) is 29.0 Å². The molecule has 0 saturated carbocycles. The number of carbonyl (C=O) groups is 3. The molecule has 2 aliphatic rings. The molecule has 1 aromatic heterocycles. The fourth-order valence-corrected chi connectivity index (χ4v) is 3.72. The Labute approximate surface area is 137 Å². The summed E-state index contributed by atoms with van der Waals surface area (Å²) in [5.74, 6) is -2.24. The summed E-state index contributed by atoms with van der Waals surface area (Å²) in [5.41, 5.74) is -0.566. The molecular weight excluding hydrogens is 324 g/mol. The van der Waals surface area contributed by atoms with Crippen LogP contribution in [-0.2, 0) is 16.6 Å². The van der Waals surface area contributed by atoms with Gasteiger partial charge in [0.1, 0.15) is 0 Å². The van der Waals surface area contributed by atoms with E-state index in [2.05, 4.69) is 10.4 Å². The number of carboxylic acids is 1. The number of aromatic nitrogens is 2. The summed E-state index contributed by atoms with van der Waals surface area (Å²) in [6.07, 6.45) is 2.37. The molecule has 2 fully saturated rings. The number of piperidine rings is 1. The van der Waals surface area contributed by atoms with E-state index < -0.39 is 17.4 Å². The van der Waals surface area contributed by atoms with Gasteiger partial charge in [-0.1, -0.05) is 11.6 Å². The number of hydrogen-bond donors (Lipinski definition) is 2. The summed E-state index contributed by atoms with van der Waals surface area (Å²) in [6, 6.07) is 0. The summed E-state index contributed by atoms with van der Waals surface area (Å²) in [5, 5.41) is 16.5. The van der Waals surface area contributed by atoms with Crippen LogP contribution in [0.1, 0.15) is 29.8 Å². The number of amides is 2. The zero-order chi connectivity index (χ0) is 16.8. The predicted molar refractivity (Wildman–Crippen MR) is 80.0 cm³/mol. The molecule has 2 amide bonds. The Morgan fingerprint density at radius 2 is 2.09 bits per heavy atom. The highest BCUT2D eigenvalue weighted by molar-refractivity contribution is 6.33. The highest BCUT2D eigenvalue weighted by atomic mass is 35.5. The molecule has 0 aliphatic carbocycles. The molecule has 2 aliphatic heterocycles. The monoisotopic (exact) mass is 340 g/mol. The largest absolute Gasteiger partial charge is 0.481 e. The van der Waals surface area contributed by atoms with Crippen molar-refractivity contribution in [1.29, 1.82) is 0 Å². The highest BCUT2D eigenvalue weighted by Gasteiger charge is 2.52. The average molecular weight is 341 g/mol. The number of rotatable bonds is 2. The molecule has 0 radical (unpaired) electrons. The Morgan fingerprint density at radius 3 is 2.61 bits per heavy atom. The Hall–Kier alpha value is -2.09. The Kier molecular flexibility index (Phi) is 3.79. The number of hydrogen-bond acceptors (Lipinski definition) is 4. The van der Waals surface area contributed by atoms with Crippen molar-refractivity contribution in [3.05, 3.63) is 16.9 Å². The smallest absolute Gasteiger partial charge is 0.309 e. The maximum atomic E-state index is 12.5. The SMILES string of the molecule is Cn1cc(Cl)c(C(=O)N2CCC3(CC2)NC(=O)CC3C(=O)O)n1. The maximum absolute atomic E-state index is 12.5. The predicted octanol–water partition coefficient (Wildman–Crippen LogP) is 0.269. The molecule has 3 rings (SSSR count). The molecule has 1 spiro atoms. The minimum atomic E-state index is -0.976. The van der Waals surface area contributed by atoms with E-state index in [9.17, 15) is 19.5 Å². The third-order valence-electron chi connectivity index (χ3n) is 4.67. The molecule has 8 nitrogen and oxygen atoms in total. The van der Waals surface area contributed by atoms with Gasteiger partial charge in [-0.3, -0.25) is 19.1 Å². The number of aliphatic carboxylic acids is 1. The van der Waals surface area contributed by atoms with Crippen molar-refractivity contribution in [2.45, 2.75) is 24.8 Å². The molecule has 2 N–H and O–H groups in total. The van der Waals surface area contributed by atoms with Crippen molar-refractivity contribution in [1.82, 2.24) is 20.0 Å². The molecule has 23 heavy (non-hydrogen) atoms. The van der Waals surface area contributed by atoms with Gasteiger partial charge in [0.15, 0.2) is 5.69 Å². The first-order valence-electron chi connectivity index (χ1n) is 7.34. The third-order valence-corrected chi connectivity index (χ3v) is 4.95. The lowest BCUT2D eigenvalue weighted by molar-refractivity contribution is -0.144. The Bertz CT molecular complexity index is 678. The molecule has 2 saturated heterocycles. The van der Waals surface area contributed by atoms with Crippen LogP contribution in [-0.4, -0.2) is 56.2 Å². The first kappa shape index (κ1) is 15.8. The maximum Gasteiger partial charge on any atom is 0.309 e. The normalized spacial score (nSPS) is 23.1. The lowest BCUT2D eigenvalue weighted by atomic mass is 9.77. The second kappa shape index (κ2) is 5.52. The van der Waals surface area contributed by atoms with E-state index in [0.717, 1.165) is 0 Å². The number of aryl methyl sites for hydroxylation is 1. The van der Waals surface area contributed by atoms with Crippen LogP contribution < -0.4 is 5.32 Å². The van der Waals surface area contributed by atoms with Crippen LogP contribution in [0.3, 0.4) is 0 Å². The van der Waals surface area contributed by atoms with Crippen LogP contribution in [0, 0.1) is 5.92 Å². The summed E-state index contributed by atoms with van der Waals surface area (Å²) in [7, 11) is 1.68. The molecule has 0 aromatic carbocycles. The second-order valence-corrected chi connectivity index (χ2v) is 6.50. The topological polar surface area (TPSA) is 105 Å². The van der Waals surface area contributed by atoms with Crippen LogP contribution in [0.4, 0.5) is 0 Å². The number of likely N-dealkylation sites (tertiary alicyclic amines) is 1. The molecular formula is C14H17ClN4O4. The highest BCUT2D eigenvalue weighted by Crippen LogP contribution is 2.37.